The normalized spacial score (nSPS) is 22.9. The first kappa shape index (κ1) is 22.3. The van der Waals surface area contributed by atoms with Gasteiger partial charge in [0.1, 0.15) is 5.82 Å². The Morgan fingerprint density at radius 3 is 2.35 bits per heavy atom. The molecule has 5 heteroatoms. The SMILES string of the molecule is Fc1cccc(CN(CC2CCCC2)[C@@H]2CC[CH]C[C@H]2c2ccc(C(F)(F)F)cc2)c1. The molecule has 0 bridgehead atoms. The molecule has 0 aliphatic heterocycles. The Hall–Kier alpha value is -1.88. The average Bonchev–Trinajstić information content (AvgIpc) is 3.26. The molecule has 1 nitrogen and oxygen atoms in total. The van der Waals surface area contributed by atoms with Crippen LogP contribution in [0.25, 0.3) is 0 Å². The highest BCUT2D eigenvalue weighted by atomic mass is 19.4. The van der Waals surface area contributed by atoms with Crippen LogP contribution in [0, 0.1) is 18.2 Å². The summed E-state index contributed by atoms with van der Waals surface area (Å²) >= 11 is 0. The Morgan fingerprint density at radius 2 is 1.68 bits per heavy atom. The van der Waals surface area contributed by atoms with E-state index in [0.29, 0.717) is 12.5 Å². The first-order chi connectivity index (χ1) is 14.9. The molecule has 2 saturated carbocycles. The topological polar surface area (TPSA) is 3.24 Å². The van der Waals surface area contributed by atoms with Gasteiger partial charge in [0, 0.05) is 19.1 Å². The maximum absolute atomic E-state index is 13.8. The van der Waals surface area contributed by atoms with E-state index >= 15 is 0 Å². The van der Waals surface area contributed by atoms with E-state index in [1.54, 1.807) is 24.3 Å². The molecule has 0 aromatic heterocycles. The molecule has 0 spiro atoms. The summed E-state index contributed by atoms with van der Waals surface area (Å²) in [5.74, 6) is 0.577. The van der Waals surface area contributed by atoms with E-state index < -0.39 is 11.7 Å². The third-order valence-corrected chi connectivity index (χ3v) is 6.93. The number of rotatable bonds is 6. The summed E-state index contributed by atoms with van der Waals surface area (Å²) in [6.45, 7) is 1.65. The highest BCUT2D eigenvalue weighted by molar-refractivity contribution is 5.29. The molecular formula is C26H30F4N. The molecule has 167 valence electrons. The Labute approximate surface area is 182 Å². The summed E-state index contributed by atoms with van der Waals surface area (Å²) < 4.78 is 52.9. The van der Waals surface area contributed by atoms with Crippen molar-refractivity contribution in [3.63, 3.8) is 0 Å². The Bertz CT molecular complexity index is 839. The second kappa shape index (κ2) is 9.72. The van der Waals surface area contributed by atoms with Crippen LogP contribution >= 0.6 is 0 Å². The molecule has 4 rings (SSSR count). The quantitative estimate of drug-likeness (QED) is 0.431. The van der Waals surface area contributed by atoms with Crippen LogP contribution in [0.2, 0.25) is 0 Å². The molecular weight excluding hydrogens is 402 g/mol. The Kier molecular flexibility index (Phi) is 7.00. The van der Waals surface area contributed by atoms with E-state index in [4.69, 9.17) is 0 Å². The van der Waals surface area contributed by atoms with Gasteiger partial charge in [-0.3, -0.25) is 4.90 Å². The predicted molar refractivity (Wildman–Crippen MR) is 115 cm³/mol. The molecule has 0 heterocycles. The van der Waals surface area contributed by atoms with Crippen molar-refractivity contribution in [2.24, 2.45) is 5.92 Å². The van der Waals surface area contributed by atoms with Crippen molar-refractivity contribution in [2.75, 3.05) is 6.54 Å². The summed E-state index contributed by atoms with van der Waals surface area (Å²) in [7, 11) is 0. The molecule has 0 unspecified atom stereocenters. The van der Waals surface area contributed by atoms with Gasteiger partial charge in [-0.15, -0.1) is 0 Å². The third kappa shape index (κ3) is 5.68. The van der Waals surface area contributed by atoms with Crippen molar-refractivity contribution in [1.82, 2.24) is 4.90 Å². The van der Waals surface area contributed by atoms with Gasteiger partial charge in [0.2, 0.25) is 0 Å². The number of alkyl halides is 3. The standard InChI is InChI=1S/C26H30F4N/c27-23-9-5-8-20(16-23)18-31(17-19-6-1-2-7-19)25-11-4-3-10-24(25)21-12-14-22(15-13-21)26(28,29)30/h3,5,8-9,12-16,19,24-25H,1-2,4,6-7,10-11,17-18H2/t24-,25+/m0/s1. The Balaban J connectivity index is 1.59. The van der Waals surface area contributed by atoms with Crippen LogP contribution in [0.15, 0.2) is 48.5 Å². The second-order valence-electron chi connectivity index (χ2n) is 9.11. The van der Waals surface area contributed by atoms with Gasteiger partial charge < -0.3 is 0 Å². The van der Waals surface area contributed by atoms with E-state index in [1.807, 2.05) is 6.07 Å². The van der Waals surface area contributed by atoms with Crippen LogP contribution in [-0.4, -0.2) is 17.5 Å². The smallest absolute Gasteiger partial charge is 0.295 e. The fourth-order valence-corrected chi connectivity index (χ4v) is 5.37. The molecule has 2 aliphatic carbocycles. The molecule has 0 saturated heterocycles. The minimum absolute atomic E-state index is 0.158. The summed E-state index contributed by atoms with van der Waals surface area (Å²) in [6, 6.07) is 12.7. The first-order valence-electron chi connectivity index (χ1n) is 11.4. The van der Waals surface area contributed by atoms with Gasteiger partial charge in [-0.2, -0.15) is 13.2 Å². The number of nitrogens with zero attached hydrogens (tertiary/aromatic N) is 1. The largest absolute Gasteiger partial charge is 0.416 e. The third-order valence-electron chi connectivity index (χ3n) is 6.93. The molecule has 0 amide bonds. The second-order valence-corrected chi connectivity index (χ2v) is 9.11. The van der Waals surface area contributed by atoms with Crippen LogP contribution in [0.1, 0.15) is 67.6 Å². The number of hydrogen-bond donors (Lipinski definition) is 0. The molecule has 2 atom stereocenters. The number of benzene rings is 2. The first-order valence-corrected chi connectivity index (χ1v) is 11.4. The molecule has 0 N–H and O–H groups in total. The minimum atomic E-state index is -4.32. The maximum atomic E-state index is 13.8. The summed E-state index contributed by atoms with van der Waals surface area (Å²) in [5, 5.41) is 0. The molecule has 2 aromatic rings. The maximum Gasteiger partial charge on any atom is 0.416 e. The van der Waals surface area contributed by atoms with Gasteiger partial charge in [-0.05, 0) is 85.8 Å². The molecule has 31 heavy (non-hydrogen) atoms. The number of halogens is 4. The van der Waals surface area contributed by atoms with E-state index in [-0.39, 0.29) is 17.8 Å². The summed E-state index contributed by atoms with van der Waals surface area (Å²) in [5.41, 5.74) is 1.32. The van der Waals surface area contributed by atoms with Crippen molar-refractivity contribution in [2.45, 2.75) is 69.6 Å². The Morgan fingerprint density at radius 1 is 0.935 bits per heavy atom. The van der Waals surface area contributed by atoms with Crippen molar-refractivity contribution in [3.8, 4) is 0 Å². The summed E-state index contributed by atoms with van der Waals surface area (Å²) in [6.07, 6.45) is 5.77. The highest BCUT2D eigenvalue weighted by Gasteiger charge is 2.34. The lowest BCUT2D eigenvalue weighted by atomic mass is 9.78. The predicted octanol–water partition coefficient (Wildman–Crippen LogP) is 7.38. The van der Waals surface area contributed by atoms with Gasteiger partial charge in [-0.25, -0.2) is 4.39 Å². The van der Waals surface area contributed by atoms with Gasteiger partial charge in [0.15, 0.2) is 0 Å². The molecule has 2 aliphatic rings. The van der Waals surface area contributed by atoms with Crippen LogP contribution in [0.5, 0.6) is 0 Å². The minimum Gasteiger partial charge on any atom is -0.295 e. The van der Waals surface area contributed by atoms with Gasteiger partial charge in [-0.1, -0.05) is 37.1 Å². The summed E-state index contributed by atoms with van der Waals surface area (Å²) in [4.78, 5) is 2.49. The zero-order valence-corrected chi connectivity index (χ0v) is 17.8. The molecule has 2 aromatic carbocycles. The van der Waals surface area contributed by atoms with E-state index in [1.165, 1.54) is 43.9 Å². The van der Waals surface area contributed by atoms with Crippen LogP contribution in [0.3, 0.4) is 0 Å². The van der Waals surface area contributed by atoms with Crippen molar-refractivity contribution in [1.29, 1.82) is 0 Å². The van der Waals surface area contributed by atoms with Crippen molar-refractivity contribution >= 4 is 0 Å². The zero-order chi connectivity index (χ0) is 21.8. The lowest BCUT2D eigenvalue weighted by molar-refractivity contribution is -0.137. The van der Waals surface area contributed by atoms with E-state index in [2.05, 4.69) is 11.3 Å². The number of hydrogen-bond acceptors (Lipinski definition) is 1. The van der Waals surface area contributed by atoms with Crippen LogP contribution in [-0.2, 0) is 12.7 Å². The fourth-order valence-electron chi connectivity index (χ4n) is 5.37. The monoisotopic (exact) mass is 432 g/mol. The van der Waals surface area contributed by atoms with Crippen molar-refractivity contribution in [3.05, 3.63) is 77.5 Å². The van der Waals surface area contributed by atoms with Crippen LogP contribution < -0.4 is 0 Å². The van der Waals surface area contributed by atoms with Gasteiger partial charge >= 0.3 is 6.18 Å². The molecule has 2 fully saturated rings. The van der Waals surface area contributed by atoms with E-state index in [0.717, 1.165) is 36.9 Å². The fraction of sp³-hybridized carbons (Fsp3) is 0.500. The van der Waals surface area contributed by atoms with Crippen molar-refractivity contribution < 1.29 is 17.6 Å². The van der Waals surface area contributed by atoms with Gasteiger partial charge in [0.05, 0.1) is 5.56 Å². The zero-order valence-electron chi connectivity index (χ0n) is 17.8. The average molecular weight is 433 g/mol. The van der Waals surface area contributed by atoms with Gasteiger partial charge in [0.25, 0.3) is 0 Å². The van der Waals surface area contributed by atoms with Crippen LogP contribution in [0.4, 0.5) is 17.6 Å². The lowest BCUT2D eigenvalue weighted by Gasteiger charge is -2.41. The lowest BCUT2D eigenvalue weighted by Crippen LogP contribution is -2.43. The highest BCUT2D eigenvalue weighted by Crippen LogP contribution is 2.39. The van der Waals surface area contributed by atoms with E-state index in [9.17, 15) is 17.6 Å². The molecule has 1 radical (unpaired) electrons.